The minimum absolute atomic E-state index is 0.0221. The molecule has 1 aromatic heterocycles. The number of imide groups is 1. The fourth-order valence-electron chi connectivity index (χ4n) is 7.79. The number of aliphatic imine (C=N–C) groups is 1. The molecule has 19 heteroatoms. The highest BCUT2D eigenvalue weighted by molar-refractivity contribution is 6.13. The lowest BCUT2D eigenvalue weighted by molar-refractivity contribution is -0.138. The summed E-state index contributed by atoms with van der Waals surface area (Å²) in [5.74, 6) is -0.691. The van der Waals surface area contributed by atoms with Gasteiger partial charge in [-0.2, -0.15) is 0 Å². The van der Waals surface area contributed by atoms with Gasteiger partial charge in [-0.3, -0.25) is 33.9 Å². The van der Waals surface area contributed by atoms with Crippen LogP contribution in [0.2, 0.25) is 0 Å². The van der Waals surface area contributed by atoms with E-state index in [9.17, 15) is 29.1 Å². The van der Waals surface area contributed by atoms with Gasteiger partial charge in [0.25, 0.3) is 11.8 Å². The molecule has 5 amide bonds. The lowest BCUT2D eigenvalue weighted by Crippen LogP contribution is -2.37. The first kappa shape index (κ1) is 50.0. The number of aromatic nitrogens is 1. The average Bonchev–Trinajstić information content (AvgIpc) is 4.09. The molecule has 358 valence electrons. The first-order chi connectivity index (χ1) is 32.1. The zero-order valence-electron chi connectivity index (χ0n) is 37.8. The van der Waals surface area contributed by atoms with E-state index in [2.05, 4.69) is 15.3 Å². The predicted octanol–water partition coefficient (Wildman–Crippen LogP) is 2.06. The molecule has 4 heterocycles. The van der Waals surface area contributed by atoms with E-state index in [4.69, 9.17) is 34.2 Å². The van der Waals surface area contributed by atoms with Crippen molar-refractivity contribution >= 4 is 52.8 Å². The number of aliphatic hydroxyl groups is 1. The smallest absolute Gasteiger partial charge is 0.253 e. The number of amidine groups is 1. The van der Waals surface area contributed by atoms with Gasteiger partial charge in [0, 0.05) is 68.0 Å². The van der Waals surface area contributed by atoms with Crippen LogP contribution in [0.3, 0.4) is 0 Å². The maximum absolute atomic E-state index is 13.9. The molecule has 0 bridgehead atoms. The van der Waals surface area contributed by atoms with Crippen LogP contribution in [0.25, 0.3) is 6.08 Å². The van der Waals surface area contributed by atoms with Crippen LogP contribution >= 0.6 is 0 Å². The monoisotopic (exact) mass is 917 g/mol. The Hall–Kier alpha value is -5.41. The minimum Gasteiger partial charge on any atom is -0.395 e. The molecule has 0 atom stereocenters. The van der Waals surface area contributed by atoms with Crippen LogP contribution in [0.5, 0.6) is 0 Å². The molecule has 6 rings (SSSR count). The van der Waals surface area contributed by atoms with Gasteiger partial charge in [-0.05, 0) is 48.6 Å². The number of hydrogen-bond acceptors (Lipinski definition) is 15. The number of benzene rings is 1. The van der Waals surface area contributed by atoms with E-state index in [1.54, 1.807) is 22.1 Å². The third-order valence-electron chi connectivity index (χ3n) is 11.5. The number of anilines is 1. The number of amides is 5. The molecule has 3 aliphatic heterocycles. The van der Waals surface area contributed by atoms with Crippen LogP contribution in [0.4, 0.5) is 11.4 Å². The maximum atomic E-state index is 13.9. The van der Waals surface area contributed by atoms with Gasteiger partial charge in [-0.15, -0.1) is 0 Å². The van der Waals surface area contributed by atoms with Gasteiger partial charge in [-0.25, -0.2) is 4.99 Å². The van der Waals surface area contributed by atoms with Crippen LogP contribution in [0.15, 0.2) is 53.2 Å². The Kier molecular flexibility index (Phi) is 19.3. The molecule has 2 aromatic rings. The van der Waals surface area contributed by atoms with Crippen molar-refractivity contribution in [2.75, 3.05) is 117 Å². The summed E-state index contributed by atoms with van der Waals surface area (Å²) in [6.45, 7) is 8.23. The van der Waals surface area contributed by atoms with Crippen LogP contribution < -0.4 is 11.1 Å². The Labute approximate surface area is 385 Å². The Morgan fingerprint density at radius 2 is 1.47 bits per heavy atom. The molecule has 66 heavy (non-hydrogen) atoms. The third-order valence-corrected chi connectivity index (χ3v) is 11.5. The van der Waals surface area contributed by atoms with Gasteiger partial charge in [0.15, 0.2) is 0 Å². The second-order valence-corrected chi connectivity index (χ2v) is 16.3. The van der Waals surface area contributed by atoms with Crippen molar-refractivity contribution in [3.8, 4) is 0 Å². The number of carbonyl (C=O) groups is 5. The highest BCUT2D eigenvalue weighted by Gasteiger charge is 2.51. The molecule has 0 spiro atoms. The van der Waals surface area contributed by atoms with E-state index in [0.717, 1.165) is 33.7 Å². The zero-order valence-corrected chi connectivity index (χ0v) is 37.8. The second kappa shape index (κ2) is 25.5. The molecular formula is C47H63N7O12. The Bertz CT molecular complexity index is 2080. The second-order valence-electron chi connectivity index (χ2n) is 16.3. The fourth-order valence-corrected chi connectivity index (χ4v) is 7.79. The number of aliphatic hydroxyl groups excluding tert-OH is 1. The summed E-state index contributed by atoms with van der Waals surface area (Å²) in [4.78, 5) is 77.0. The zero-order chi connectivity index (χ0) is 46.7. The van der Waals surface area contributed by atoms with E-state index in [1.165, 1.54) is 12.2 Å². The van der Waals surface area contributed by atoms with Crippen molar-refractivity contribution in [1.29, 1.82) is 0 Å². The largest absolute Gasteiger partial charge is 0.395 e. The molecule has 1 aromatic carbocycles. The number of ether oxygens (including phenoxy) is 6. The molecule has 4 N–H and O–H groups in total. The lowest BCUT2D eigenvalue weighted by atomic mass is 9.92. The van der Waals surface area contributed by atoms with Crippen LogP contribution in [0, 0.1) is 0 Å². The van der Waals surface area contributed by atoms with E-state index < -0.39 is 5.41 Å². The Morgan fingerprint density at radius 3 is 2.08 bits per heavy atom. The Balaban J connectivity index is 0.819. The van der Waals surface area contributed by atoms with Crippen molar-refractivity contribution in [3.63, 3.8) is 0 Å². The fraction of sp³-hybridized carbons (Fsp3) is 0.553. The number of nitrogens with one attached hydrogen (secondary N) is 1. The average molecular weight is 918 g/mol. The normalized spacial score (nSPS) is 16.1. The highest BCUT2D eigenvalue weighted by Crippen LogP contribution is 2.50. The molecule has 0 unspecified atom stereocenters. The molecular weight excluding hydrogens is 855 g/mol. The number of nitrogens with two attached hydrogens (primary N) is 1. The third kappa shape index (κ3) is 14.3. The van der Waals surface area contributed by atoms with Gasteiger partial charge in [0.2, 0.25) is 17.7 Å². The van der Waals surface area contributed by atoms with Gasteiger partial charge in [0.1, 0.15) is 5.84 Å². The predicted molar refractivity (Wildman–Crippen MR) is 243 cm³/mol. The first-order valence-corrected chi connectivity index (χ1v) is 22.8. The van der Waals surface area contributed by atoms with Gasteiger partial charge in [-0.1, -0.05) is 19.1 Å². The van der Waals surface area contributed by atoms with E-state index in [-0.39, 0.29) is 75.3 Å². The number of carbonyl (C=O) groups excluding carboxylic acids is 5. The van der Waals surface area contributed by atoms with E-state index >= 15 is 0 Å². The highest BCUT2D eigenvalue weighted by atomic mass is 16.6. The molecule has 1 saturated carbocycles. The summed E-state index contributed by atoms with van der Waals surface area (Å²) < 4.78 is 33.0. The Morgan fingerprint density at radius 1 is 0.848 bits per heavy atom. The lowest BCUT2D eigenvalue weighted by Gasteiger charge is -2.29. The van der Waals surface area contributed by atoms with E-state index in [0.29, 0.717) is 128 Å². The van der Waals surface area contributed by atoms with Gasteiger partial charge < -0.3 is 54.4 Å². The number of pyridine rings is 1. The topological polar surface area (TPSA) is 234 Å². The number of fused-ring (bicyclic) bond motifs is 2. The minimum atomic E-state index is -0.737. The summed E-state index contributed by atoms with van der Waals surface area (Å²) in [5.41, 5.74) is 10.6. The SMILES string of the molecule is CCCN(CCO)C(=O)C1=Cc2ccc(C3(C(=O)Nc4cnc5c(c4)CN(C(=O)CCOCCOCCOCCOCCOCCOCCN4C(=O)C=CC4=O)CC5)CC3)cc2N=C(N)C1. The van der Waals surface area contributed by atoms with Crippen LogP contribution in [-0.2, 0) is 70.8 Å². The van der Waals surface area contributed by atoms with Gasteiger partial charge >= 0.3 is 0 Å². The summed E-state index contributed by atoms with van der Waals surface area (Å²) in [6.07, 6.45) is 9.09. The number of hydrogen-bond donors (Lipinski definition) is 3. The summed E-state index contributed by atoms with van der Waals surface area (Å²) >= 11 is 0. The molecule has 1 fully saturated rings. The quantitative estimate of drug-likeness (QED) is 0.0784. The molecule has 4 aliphatic rings. The van der Waals surface area contributed by atoms with E-state index in [1.807, 2.05) is 31.2 Å². The van der Waals surface area contributed by atoms with Crippen LogP contribution in [0.1, 0.15) is 61.4 Å². The standard InChI is InChI=1S/C47H63N7O12/c1-2-11-52(13-15-55)45(59)35-28-34-3-4-37(31-40(34)51-41(48)30-35)47(9-10-47)46(60)50-38-29-36-33-53(12-7-39(36)49-32-38)42(56)8-16-61-18-20-63-22-24-65-26-27-66-25-23-64-21-19-62-17-14-54-43(57)5-6-44(54)58/h3-6,28-29,31-32,55H,2,7-27,30,33H2,1H3,(H2,48,51)(H,50,60). The van der Waals surface area contributed by atoms with Crippen LogP contribution in [-0.4, -0.2) is 172 Å². The van der Waals surface area contributed by atoms with Gasteiger partial charge in [0.05, 0.1) is 122 Å². The summed E-state index contributed by atoms with van der Waals surface area (Å²) in [6, 6.07) is 7.57. The first-order valence-electron chi connectivity index (χ1n) is 22.8. The molecule has 0 saturated heterocycles. The van der Waals surface area contributed by atoms with Crippen molar-refractivity contribution in [3.05, 3.63) is 70.6 Å². The molecule has 19 nitrogen and oxygen atoms in total. The number of rotatable bonds is 29. The van der Waals surface area contributed by atoms with Crippen molar-refractivity contribution in [1.82, 2.24) is 19.7 Å². The summed E-state index contributed by atoms with van der Waals surface area (Å²) in [7, 11) is 0. The number of nitrogens with zero attached hydrogens (tertiary/aromatic N) is 5. The van der Waals surface area contributed by atoms with Crippen molar-refractivity contribution < 1.29 is 57.5 Å². The molecule has 1 aliphatic carbocycles. The molecule has 0 radical (unpaired) electrons. The maximum Gasteiger partial charge on any atom is 0.253 e. The van der Waals surface area contributed by atoms with Crippen molar-refractivity contribution in [2.24, 2.45) is 10.7 Å². The van der Waals surface area contributed by atoms with Crippen molar-refractivity contribution in [2.45, 2.75) is 57.4 Å². The summed E-state index contributed by atoms with van der Waals surface area (Å²) in [5, 5.41) is 12.6.